The van der Waals surface area contributed by atoms with Crippen LogP contribution in [-0.4, -0.2) is 29.3 Å². The van der Waals surface area contributed by atoms with Gasteiger partial charge in [-0.05, 0) is 37.6 Å². The van der Waals surface area contributed by atoms with Gasteiger partial charge >= 0.3 is 12.1 Å². The van der Waals surface area contributed by atoms with Crippen molar-refractivity contribution in [2.45, 2.75) is 36.7 Å². The van der Waals surface area contributed by atoms with E-state index in [2.05, 4.69) is 0 Å². The van der Waals surface area contributed by atoms with Gasteiger partial charge in [-0.1, -0.05) is 0 Å². The van der Waals surface area contributed by atoms with Crippen LogP contribution in [0.3, 0.4) is 0 Å². The van der Waals surface area contributed by atoms with E-state index < -0.39 is 44.2 Å². The van der Waals surface area contributed by atoms with Crippen molar-refractivity contribution in [2.24, 2.45) is 0 Å². The summed E-state index contributed by atoms with van der Waals surface area (Å²) in [6, 6.07) is 4.14. The monoisotopic (exact) mass is 400 g/mol. The second-order valence-electron chi connectivity index (χ2n) is 6.10. The van der Waals surface area contributed by atoms with Gasteiger partial charge in [-0.2, -0.15) is 18.4 Å². The molecule has 0 saturated heterocycles. The van der Waals surface area contributed by atoms with Crippen molar-refractivity contribution in [3.05, 3.63) is 41.7 Å². The third-order valence-corrected chi connectivity index (χ3v) is 5.95. The zero-order valence-corrected chi connectivity index (χ0v) is 15.1. The van der Waals surface area contributed by atoms with Crippen LogP contribution in [0.1, 0.15) is 25.0 Å². The molecule has 0 amide bonds. The minimum Gasteiger partial charge on any atom is -0.480 e. The van der Waals surface area contributed by atoms with Gasteiger partial charge in [0, 0.05) is 18.0 Å². The largest absolute Gasteiger partial charge is 0.480 e. The van der Waals surface area contributed by atoms with Crippen LogP contribution in [0.15, 0.2) is 35.5 Å². The Morgan fingerprint density at radius 2 is 1.89 bits per heavy atom. The van der Waals surface area contributed by atoms with Crippen molar-refractivity contribution in [3.8, 4) is 17.2 Å². The third kappa shape index (κ3) is 4.31. The molecule has 10 heteroatoms. The lowest BCUT2D eigenvalue weighted by molar-refractivity contribution is -0.138. The number of hydrogen-bond acceptors (Lipinski definition) is 4. The molecule has 0 bridgehead atoms. The first kappa shape index (κ1) is 20.5. The summed E-state index contributed by atoms with van der Waals surface area (Å²) in [7, 11) is -4.01. The number of sulfone groups is 1. The summed E-state index contributed by atoms with van der Waals surface area (Å²) >= 11 is 0. The lowest BCUT2D eigenvalue weighted by Crippen LogP contribution is -2.16. The SMILES string of the molecule is CC(C)S(=O)(=O)c1cc(-c2cn(CC(=O)O)cc2C#N)cc(C(F)(F)F)c1. The number of benzene rings is 1. The molecule has 2 rings (SSSR count). The van der Waals surface area contributed by atoms with Gasteiger partial charge in [0.2, 0.25) is 0 Å². The van der Waals surface area contributed by atoms with E-state index >= 15 is 0 Å². The fourth-order valence-corrected chi connectivity index (χ4v) is 3.56. The van der Waals surface area contributed by atoms with E-state index in [4.69, 9.17) is 5.11 Å². The highest BCUT2D eigenvalue weighted by molar-refractivity contribution is 7.92. The van der Waals surface area contributed by atoms with Crippen LogP contribution in [0.25, 0.3) is 11.1 Å². The summed E-state index contributed by atoms with van der Waals surface area (Å²) in [5.74, 6) is -1.20. The maximum Gasteiger partial charge on any atom is 0.416 e. The van der Waals surface area contributed by atoms with Gasteiger partial charge in [-0.3, -0.25) is 4.79 Å². The second kappa shape index (κ2) is 7.08. The maximum absolute atomic E-state index is 13.3. The average molecular weight is 400 g/mol. The number of aromatic nitrogens is 1. The topological polar surface area (TPSA) is 100 Å². The van der Waals surface area contributed by atoms with Crippen molar-refractivity contribution < 1.29 is 31.5 Å². The molecule has 1 heterocycles. The molecule has 0 saturated carbocycles. The van der Waals surface area contributed by atoms with Gasteiger partial charge in [-0.15, -0.1) is 0 Å². The molecule has 0 aliphatic carbocycles. The first-order valence-electron chi connectivity index (χ1n) is 7.64. The van der Waals surface area contributed by atoms with Crippen LogP contribution < -0.4 is 0 Å². The number of rotatable bonds is 5. The normalized spacial score (nSPS) is 12.2. The van der Waals surface area contributed by atoms with Crippen molar-refractivity contribution in [1.82, 2.24) is 4.57 Å². The van der Waals surface area contributed by atoms with Gasteiger partial charge in [0.05, 0.1) is 21.3 Å². The van der Waals surface area contributed by atoms with Crippen molar-refractivity contribution >= 4 is 15.8 Å². The summed E-state index contributed by atoms with van der Waals surface area (Å²) in [6.45, 7) is 2.20. The zero-order valence-electron chi connectivity index (χ0n) is 14.3. The number of nitriles is 1. The van der Waals surface area contributed by atoms with E-state index in [0.717, 1.165) is 16.7 Å². The summed E-state index contributed by atoms with van der Waals surface area (Å²) < 4.78 is 65.7. The first-order valence-corrected chi connectivity index (χ1v) is 9.19. The van der Waals surface area contributed by atoms with Gasteiger partial charge in [0.25, 0.3) is 0 Å². The standard InChI is InChI=1S/C17H15F3N2O4S/c1-10(2)27(25,26)14-4-11(3-13(5-14)17(18,19)20)15-8-22(9-16(23)24)7-12(15)6-21/h3-5,7-8,10H,9H2,1-2H3,(H,23,24). The molecule has 1 N–H and O–H groups in total. The predicted molar refractivity (Wildman–Crippen MR) is 89.5 cm³/mol. The van der Waals surface area contributed by atoms with Crippen LogP contribution in [0.4, 0.5) is 13.2 Å². The van der Waals surface area contributed by atoms with Crippen LogP contribution in [0.5, 0.6) is 0 Å². The minimum absolute atomic E-state index is 0.0186. The lowest BCUT2D eigenvalue weighted by Gasteiger charge is -2.14. The minimum atomic E-state index is -4.80. The van der Waals surface area contributed by atoms with Crippen LogP contribution in [-0.2, 0) is 27.4 Å². The molecule has 0 radical (unpaired) electrons. The molecule has 0 atom stereocenters. The van der Waals surface area contributed by atoms with E-state index in [9.17, 15) is 31.6 Å². The highest BCUT2D eigenvalue weighted by Gasteiger charge is 2.33. The van der Waals surface area contributed by atoms with Crippen LogP contribution in [0.2, 0.25) is 0 Å². The van der Waals surface area contributed by atoms with Crippen molar-refractivity contribution in [1.29, 1.82) is 5.26 Å². The molecule has 0 fully saturated rings. The van der Waals surface area contributed by atoms with E-state index in [1.807, 2.05) is 0 Å². The molecule has 2 aromatic rings. The van der Waals surface area contributed by atoms with Crippen molar-refractivity contribution in [2.75, 3.05) is 0 Å². The predicted octanol–water partition coefficient (Wildman–Crippen LogP) is 3.31. The highest BCUT2D eigenvalue weighted by atomic mass is 32.2. The Balaban J connectivity index is 2.76. The summed E-state index contributed by atoms with van der Waals surface area (Å²) in [5, 5.41) is 17.1. The second-order valence-corrected chi connectivity index (χ2v) is 8.61. The molecule has 0 aliphatic rings. The summed E-state index contributed by atoms with van der Waals surface area (Å²) in [5.41, 5.74) is -1.35. The number of hydrogen-bond donors (Lipinski definition) is 1. The van der Waals surface area contributed by atoms with Gasteiger partial charge in [0.1, 0.15) is 12.6 Å². The number of alkyl halides is 3. The number of halogens is 3. The number of aliphatic carboxylic acids is 1. The Labute approximate surface area is 153 Å². The number of carboxylic acids is 1. The molecular formula is C17H15F3N2O4S. The molecule has 27 heavy (non-hydrogen) atoms. The Hall–Kier alpha value is -2.80. The van der Waals surface area contributed by atoms with E-state index in [-0.39, 0.29) is 16.7 Å². The summed E-state index contributed by atoms with van der Waals surface area (Å²) in [6.07, 6.45) is -2.41. The molecule has 6 nitrogen and oxygen atoms in total. The zero-order chi connectivity index (χ0) is 20.6. The number of carbonyl (C=O) groups is 1. The molecular weight excluding hydrogens is 385 g/mol. The van der Waals surface area contributed by atoms with Crippen LogP contribution in [0, 0.1) is 11.3 Å². The molecule has 0 unspecified atom stereocenters. The average Bonchev–Trinajstić information content (AvgIpc) is 2.95. The Morgan fingerprint density at radius 1 is 1.26 bits per heavy atom. The smallest absolute Gasteiger partial charge is 0.416 e. The van der Waals surface area contributed by atoms with E-state index in [1.165, 1.54) is 26.2 Å². The quantitative estimate of drug-likeness (QED) is 0.830. The van der Waals surface area contributed by atoms with Gasteiger partial charge in [0.15, 0.2) is 9.84 Å². The first-order chi connectivity index (χ1) is 12.4. The summed E-state index contributed by atoms with van der Waals surface area (Å²) in [4.78, 5) is 10.3. The fraction of sp³-hybridized carbons (Fsp3) is 0.294. The van der Waals surface area contributed by atoms with E-state index in [1.54, 1.807) is 6.07 Å². The molecule has 1 aromatic heterocycles. The van der Waals surface area contributed by atoms with E-state index in [0.29, 0.717) is 6.07 Å². The van der Waals surface area contributed by atoms with Crippen LogP contribution >= 0.6 is 0 Å². The Bertz CT molecular complexity index is 1030. The molecule has 144 valence electrons. The van der Waals surface area contributed by atoms with Gasteiger partial charge < -0.3 is 9.67 Å². The number of carboxylic acid groups (broad SMARTS) is 1. The maximum atomic E-state index is 13.3. The lowest BCUT2D eigenvalue weighted by atomic mass is 10.0. The highest BCUT2D eigenvalue weighted by Crippen LogP contribution is 2.36. The van der Waals surface area contributed by atoms with Crippen molar-refractivity contribution in [3.63, 3.8) is 0 Å². The third-order valence-electron chi connectivity index (χ3n) is 3.81. The molecule has 0 spiro atoms. The number of nitrogens with zero attached hydrogens (tertiary/aromatic N) is 2. The fourth-order valence-electron chi connectivity index (χ4n) is 2.43. The molecule has 0 aliphatic heterocycles. The van der Waals surface area contributed by atoms with Gasteiger partial charge in [-0.25, -0.2) is 8.42 Å². The Kier molecular flexibility index (Phi) is 5.37. The Morgan fingerprint density at radius 3 is 2.37 bits per heavy atom. The molecule has 1 aromatic carbocycles.